The van der Waals surface area contributed by atoms with Crippen molar-refractivity contribution < 1.29 is 9.53 Å². The Balaban J connectivity index is 1.38. The van der Waals surface area contributed by atoms with Crippen LogP contribution >= 0.6 is 0 Å². The van der Waals surface area contributed by atoms with Gasteiger partial charge in [-0.15, -0.1) is 0 Å². The van der Waals surface area contributed by atoms with Crippen molar-refractivity contribution in [1.29, 1.82) is 0 Å². The van der Waals surface area contributed by atoms with E-state index in [0.717, 1.165) is 12.3 Å². The smallest absolute Gasteiger partial charge is 0.343 e. The Morgan fingerprint density at radius 2 is 1.35 bits per heavy atom. The van der Waals surface area contributed by atoms with Gasteiger partial charge in [-0.25, -0.2) is 4.79 Å². The van der Waals surface area contributed by atoms with Crippen molar-refractivity contribution in [2.45, 2.75) is 116 Å². The maximum absolute atomic E-state index is 12.6. The third-order valence-electron chi connectivity index (χ3n) is 7.61. The van der Waals surface area contributed by atoms with Gasteiger partial charge in [0.15, 0.2) is 0 Å². The van der Waals surface area contributed by atoms with Crippen molar-refractivity contribution >= 4 is 5.97 Å². The molecule has 1 aliphatic rings. The molecule has 0 aromatic heterocycles. The van der Waals surface area contributed by atoms with Gasteiger partial charge >= 0.3 is 5.97 Å². The minimum Gasteiger partial charge on any atom is -0.423 e. The Labute approximate surface area is 208 Å². The van der Waals surface area contributed by atoms with E-state index in [1.807, 2.05) is 24.3 Å². The van der Waals surface area contributed by atoms with Crippen LogP contribution in [0.25, 0.3) is 0 Å². The lowest BCUT2D eigenvalue weighted by atomic mass is 9.77. The van der Waals surface area contributed by atoms with E-state index in [2.05, 4.69) is 38.1 Å². The van der Waals surface area contributed by atoms with Crippen molar-refractivity contribution in [3.63, 3.8) is 0 Å². The monoisotopic (exact) mass is 462 g/mol. The maximum atomic E-state index is 12.6. The van der Waals surface area contributed by atoms with Crippen LogP contribution in [-0.2, 0) is 6.42 Å². The SMILES string of the molecule is CCCCCCCCCCc1ccc(C(=O)Oc2ccc(C3CCC(CCC)CC3)cc2)cc1. The van der Waals surface area contributed by atoms with Gasteiger partial charge in [-0.05, 0) is 85.8 Å². The Hall–Kier alpha value is -2.09. The Bertz CT molecular complexity index is 813. The molecule has 0 atom stereocenters. The lowest BCUT2D eigenvalue weighted by molar-refractivity contribution is 0.0734. The summed E-state index contributed by atoms with van der Waals surface area (Å²) >= 11 is 0. The Morgan fingerprint density at radius 3 is 1.97 bits per heavy atom. The topological polar surface area (TPSA) is 26.3 Å². The summed E-state index contributed by atoms with van der Waals surface area (Å²) in [6.45, 7) is 4.56. The summed E-state index contributed by atoms with van der Waals surface area (Å²) in [5.74, 6) is 1.95. The summed E-state index contributed by atoms with van der Waals surface area (Å²) < 4.78 is 5.65. The first-order valence-electron chi connectivity index (χ1n) is 14.1. The summed E-state index contributed by atoms with van der Waals surface area (Å²) in [5.41, 5.74) is 3.32. The molecule has 34 heavy (non-hydrogen) atoms. The quantitative estimate of drug-likeness (QED) is 0.159. The summed E-state index contributed by atoms with van der Waals surface area (Å²) in [6, 6.07) is 16.2. The van der Waals surface area contributed by atoms with Gasteiger partial charge in [0.25, 0.3) is 0 Å². The van der Waals surface area contributed by atoms with Gasteiger partial charge in [-0.2, -0.15) is 0 Å². The van der Waals surface area contributed by atoms with Crippen LogP contribution in [0.2, 0.25) is 0 Å². The largest absolute Gasteiger partial charge is 0.423 e. The molecule has 0 aliphatic heterocycles. The minimum absolute atomic E-state index is 0.272. The molecule has 0 spiro atoms. The molecular weight excluding hydrogens is 416 g/mol. The van der Waals surface area contributed by atoms with Crippen LogP contribution in [0.5, 0.6) is 5.75 Å². The Morgan fingerprint density at radius 1 is 0.735 bits per heavy atom. The van der Waals surface area contributed by atoms with Gasteiger partial charge in [-0.1, -0.05) is 95.9 Å². The van der Waals surface area contributed by atoms with Crippen molar-refractivity contribution in [3.05, 3.63) is 65.2 Å². The van der Waals surface area contributed by atoms with E-state index in [1.165, 1.54) is 101 Å². The number of aryl methyl sites for hydroxylation is 1. The lowest BCUT2D eigenvalue weighted by Crippen LogP contribution is -2.13. The second kappa shape index (κ2) is 15.0. The molecule has 2 heteroatoms. The normalized spacial score (nSPS) is 18.1. The van der Waals surface area contributed by atoms with Crippen LogP contribution in [0.3, 0.4) is 0 Å². The second-order valence-corrected chi connectivity index (χ2v) is 10.4. The van der Waals surface area contributed by atoms with E-state index in [-0.39, 0.29) is 5.97 Å². The molecule has 186 valence electrons. The number of unbranched alkanes of at least 4 members (excludes halogenated alkanes) is 7. The van der Waals surface area contributed by atoms with Crippen LogP contribution in [0.4, 0.5) is 0 Å². The average molecular weight is 463 g/mol. The number of carbonyl (C=O) groups is 1. The molecule has 0 saturated heterocycles. The minimum atomic E-state index is -0.272. The number of ether oxygens (including phenoxy) is 1. The van der Waals surface area contributed by atoms with Gasteiger partial charge in [0.1, 0.15) is 5.75 Å². The molecule has 0 amide bonds. The van der Waals surface area contributed by atoms with Crippen molar-refractivity contribution in [3.8, 4) is 5.75 Å². The Kier molecular flexibility index (Phi) is 11.7. The first-order chi connectivity index (χ1) is 16.7. The second-order valence-electron chi connectivity index (χ2n) is 10.4. The molecule has 3 rings (SSSR count). The zero-order chi connectivity index (χ0) is 24.0. The number of hydrogen-bond donors (Lipinski definition) is 0. The van der Waals surface area contributed by atoms with Crippen LogP contribution in [0.15, 0.2) is 48.5 Å². The summed E-state index contributed by atoms with van der Waals surface area (Å²) in [6.07, 6.45) is 19.7. The molecule has 2 nitrogen and oxygen atoms in total. The number of esters is 1. The molecule has 2 aromatic carbocycles. The zero-order valence-electron chi connectivity index (χ0n) is 21.7. The molecule has 1 aliphatic carbocycles. The fraction of sp³-hybridized carbons (Fsp3) is 0.594. The highest BCUT2D eigenvalue weighted by molar-refractivity contribution is 5.91. The molecule has 0 bridgehead atoms. The van der Waals surface area contributed by atoms with Gasteiger partial charge in [-0.3, -0.25) is 0 Å². The van der Waals surface area contributed by atoms with Crippen LogP contribution < -0.4 is 4.74 Å². The lowest BCUT2D eigenvalue weighted by Gasteiger charge is -2.28. The highest BCUT2D eigenvalue weighted by Gasteiger charge is 2.21. The molecule has 1 saturated carbocycles. The number of rotatable bonds is 14. The van der Waals surface area contributed by atoms with E-state index < -0.39 is 0 Å². The van der Waals surface area contributed by atoms with Crippen LogP contribution in [0, 0.1) is 5.92 Å². The van der Waals surface area contributed by atoms with Gasteiger partial charge < -0.3 is 4.74 Å². The molecule has 0 unspecified atom stereocenters. The third kappa shape index (κ3) is 8.93. The van der Waals surface area contributed by atoms with Crippen LogP contribution in [0.1, 0.15) is 131 Å². The summed E-state index contributed by atoms with van der Waals surface area (Å²) in [5, 5.41) is 0. The van der Waals surface area contributed by atoms with Crippen molar-refractivity contribution in [2.75, 3.05) is 0 Å². The van der Waals surface area contributed by atoms with E-state index in [9.17, 15) is 4.79 Å². The summed E-state index contributed by atoms with van der Waals surface area (Å²) in [4.78, 5) is 12.6. The number of benzene rings is 2. The average Bonchev–Trinajstić information content (AvgIpc) is 2.87. The molecule has 0 radical (unpaired) electrons. The zero-order valence-corrected chi connectivity index (χ0v) is 21.7. The fourth-order valence-electron chi connectivity index (χ4n) is 5.44. The highest BCUT2D eigenvalue weighted by Crippen LogP contribution is 2.37. The standard InChI is InChI=1S/C32H46O2/c1-3-5-6-7-8-9-10-11-13-27-16-20-30(21-17-27)32(33)34-31-24-22-29(23-25-31)28-18-14-26(12-4-2)15-19-28/h16-17,20-26,28H,3-15,18-19H2,1-2H3. The van der Waals surface area contributed by atoms with Crippen molar-refractivity contribution in [1.82, 2.24) is 0 Å². The first kappa shape index (κ1) is 26.5. The maximum Gasteiger partial charge on any atom is 0.343 e. The molecule has 1 fully saturated rings. The first-order valence-corrected chi connectivity index (χ1v) is 14.1. The van der Waals surface area contributed by atoms with E-state index in [0.29, 0.717) is 17.2 Å². The highest BCUT2D eigenvalue weighted by atomic mass is 16.5. The summed E-state index contributed by atoms with van der Waals surface area (Å²) in [7, 11) is 0. The van der Waals surface area contributed by atoms with E-state index >= 15 is 0 Å². The molecule has 2 aromatic rings. The predicted molar refractivity (Wildman–Crippen MR) is 144 cm³/mol. The van der Waals surface area contributed by atoms with Gasteiger partial charge in [0.05, 0.1) is 5.56 Å². The number of carbonyl (C=O) groups excluding carboxylic acids is 1. The third-order valence-corrected chi connectivity index (χ3v) is 7.61. The predicted octanol–water partition coefficient (Wildman–Crippen LogP) is 9.66. The van der Waals surface area contributed by atoms with Crippen LogP contribution in [-0.4, -0.2) is 5.97 Å². The van der Waals surface area contributed by atoms with E-state index in [1.54, 1.807) is 0 Å². The number of hydrogen-bond acceptors (Lipinski definition) is 2. The van der Waals surface area contributed by atoms with Gasteiger partial charge in [0, 0.05) is 0 Å². The molecular formula is C32H46O2. The van der Waals surface area contributed by atoms with Gasteiger partial charge in [0.2, 0.25) is 0 Å². The molecule has 0 N–H and O–H groups in total. The van der Waals surface area contributed by atoms with Crippen molar-refractivity contribution in [2.24, 2.45) is 5.92 Å². The fourth-order valence-corrected chi connectivity index (χ4v) is 5.44. The molecule has 0 heterocycles. The van der Waals surface area contributed by atoms with E-state index in [4.69, 9.17) is 4.74 Å².